The molecule has 27 heavy (non-hydrogen) atoms. The zero-order valence-corrected chi connectivity index (χ0v) is 18.4. The predicted octanol–water partition coefficient (Wildman–Crippen LogP) is 4.23. The summed E-state index contributed by atoms with van der Waals surface area (Å²) in [6.07, 6.45) is 1.83. The van der Waals surface area contributed by atoms with Crippen molar-refractivity contribution < 1.29 is 18.9 Å². The van der Waals surface area contributed by atoms with Gasteiger partial charge in [0.25, 0.3) is 0 Å². The third-order valence-corrected chi connectivity index (χ3v) is 4.44. The maximum atomic E-state index is 5.83. The van der Waals surface area contributed by atoms with Crippen LogP contribution in [0.15, 0.2) is 35.4 Å². The van der Waals surface area contributed by atoms with Crippen LogP contribution in [-0.4, -0.2) is 33.6 Å². The molecule has 0 aliphatic rings. The van der Waals surface area contributed by atoms with Gasteiger partial charge in [-0.2, -0.15) is 5.10 Å². The molecule has 2 rings (SSSR count). The first-order valence-corrected chi connectivity index (χ1v) is 9.57. The minimum atomic E-state index is 0.0788. The summed E-state index contributed by atoms with van der Waals surface area (Å²) in [6.45, 7) is 4.55. The highest BCUT2D eigenvalue weighted by molar-refractivity contribution is 14.1. The van der Waals surface area contributed by atoms with E-state index < -0.39 is 0 Å². The molecular formula is C20H25IN2O4. The Bertz CT molecular complexity index is 794. The van der Waals surface area contributed by atoms with Gasteiger partial charge in [0.1, 0.15) is 0 Å². The smallest absolute Gasteiger partial charge is 0.174 e. The zero-order chi connectivity index (χ0) is 19.8. The third kappa shape index (κ3) is 5.92. The van der Waals surface area contributed by atoms with Crippen molar-refractivity contribution >= 4 is 28.8 Å². The van der Waals surface area contributed by atoms with Gasteiger partial charge in [0.2, 0.25) is 0 Å². The van der Waals surface area contributed by atoms with Crippen LogP contribution in [0.25, 0.3) is 0 Å². The number of nitrogens with one attached hydrogen (secondary N) is 1. The van der Waals surface area contributed by atoms with Gasteiger partial charge in [-0.25, -0.2) is 0 Å². The van der Waals surface area contributed by atoms with Crippen LogP contribution in [0.4, 0.5) is 0 Å². The van der Waals surface area contributed by atoms with E-state index >= 15 is 0 Å². The van der Waals surface area contributed by atoms with Gasteiger partial charge in [-0.05, 0) is 71.8 Å². The van der Waals surface area contributed by atoms with Gasteiger partial charge in [-0.1, -0.05) is 6.07 Å². The molecule has 0 aliphatic heterocycles. The number of benzene rings is 2. The zero-order valence-electron chi connectivity index (χ0n) is 16.2. The quantitative estimate of drug-likeness (QED) is 0.328. The number of hydrogen-bond donors (Lipinski definition) is 1. The third-order valence-electron chi connectivity index (χ3n) is 3.64. The van der Waals surface area contributed by atoms with Crippen molar-refractivity contribution in [1.82, 2.24) is 5.43 Å². The van der Waals surface area contributed by atoms with Gasteiger partial charge in [0, 0.05) is 0 Å². The fourth-order valence-corrected chi connectivity index (χ4v) is 3.16. The summed E-state index contributed by atoms with van der Waals surface area (Å²) in [5.41, 5.74) is 5.00. The van der Waals surface area contributed by atoms with E-state index in [1.165, 1.54) is 0 Å². The van der Waals surface area contributed by atoms with Crippen LogP contribution in [0, 0.1) is 3.57 Å². The number of ether oxygens (including phenoxy) is 4. The molecule has 146 valence electrons. The Kier molecular flexibility index (Phi) is 8.02. The first-order valence-electron chi connectivity index (χ1n) is 8.49. The van der Waals surface area contributed by atoms with E-state index in [4.69, 9.17) is 18.9 Å². The Hall–Kier alpha value is -2.16. The molecule has 1 N–H and O–H groups in total. The SMILES string of the molecule is COc1ccc(CN/N=C/c2cc(I)c(OC(C)C)c(OC)c2)cc1OC. The maximum Gasteiger partial charge on any atom is 0.174 e. The van der Waals surface area contributed by atoms with Gasteiger partial charge >= 0.3 is 0 Å². The van der Waals surface area contributed by atoms with E-state index in [0.717, 1.165) is 20.4 Å². The highest BCUT2D eigenvalue weighted by Gasteiger charge is 2.12. The number of methoxy groups -OCH3 is 3. The summed E-state index contributed by atoms with van der Waals surface area (Å²) in [6, 6.07) is 9.67. The van der Waals surface area contributed by atoms with Gasteiger partial charge in [0.15, 0.2) is 23.0 Å². The molecule has 0 heterocycles. The second kappa shape index (κ2) is 10.2. The summed E-state index contributed by atoms with van der Waals surface area (Å²) in [5.74, 6) is 2.84. The minimum absolute atomic E-state index is 0.0788. The highest BCUT2D eigenvalue weighted by atomic mass is 127. The average Bonchev–Trinajstić information content (AvgIpc) is 2.66. The van der Waals surface area contributed by atoms with Crippen molar-refractivity contribution in [2.45, 2.75) is 26.5 Å². The lowest BCUT2D eigenvalue weighted by Crippen LogP contribution is -2.09. The van der Waals surface area contributed by atoms with E-state index in [1.807, 2.05) is 44.2 Å². The molecule has 0 bridgehead atoms. The Morgan fingerprint density at radius 1 is 1.00 bits per heavy atom. The van der Waals surface area contributed by atoms with E-state index in [0.29, 0.717) is 23.8 Å². The molecule has 0 saturated heterocycles. The first-order chi connectivity index (χ1) is 13.0. The fraction of sp³-hybridized carbons (Fsp3) is 0.350. The Morgan fingerprint density at radius 3 is 2.33 bits per heavy atom. The van der Waals surface area contributed by atoms with E-state index in [9.17, 15) is 0 Å². The summed E-state index contributed by atoms with van der Waals surface area (Å²) >= 11 is 2.24. The van der Waals surface area contributed by atoms with E-state index in [2.05, 4.69) is 33.1 Å². The molecule has 6 nitrogen and oxygen atoms in total. The summed E-state index contributed by atoms with van der Waals surface area (Å²) in [4.78, 5) is 0. The molecule has 2 aromatic rings. The summed E-state index contributed by atoms with van der Waals surface area (Å²) in [5, 5.41) is 4.30. The van der Waals surface area contributed by atoms with E-state index in [1.54, 1.807) is 27.5 Å². The van der Waals surface area contributed by atoms with Crippen LogP contribution >= 0.6 is 22.6 Å². The lowest BCUT2D eigenvalue weighted by molar-refractivity contribution is 0.228. The molecule has 0 unspecified atom stereocenters. The van der Waals surface area contributed by atoms with Crippen molar-refractivity contribution in [2.24, 2.45) is 5.10 Å². The van der Waals surface area contributed by atoms with Crippen molar-refractivity contribution in [3.8, 4) is 23.0 Å². The lowest BCUT2D eigenvalue weighted by atomic mass is 10.2. The lowest BCUT2D eigenvalue weighted by Gasteiger charge is -2.15. The number of hydrazone groups is 1. The Balaban J connectivity index is 2.05. The largest absolute Gasteiger partial charge is 0.493 e. The second-order valence-corrected chi connectivity index (χ2v) is 7.15. The number of hydrogen-bond acceptors (Lipinski definition) is 6. The normalized spacial score (nSPS) is 10.9. The molecule has 7 heteroatoms. The summed E-state index contributed by atoms with van der Waals surface area (Å²) in [7, 11) is 4.87. The van der Waals surface area contributed by atoms with Gasteiger partial charge in [-0.3, -0.25) is 0 Å². The van der Waals surface area contributed by atoms with Gasteiger partial charge in [-0.15, -0.1) is 0 Å². The van der Waals surface area contributed by atoms with E-state index in [-0.39, 0.29) is 6.10 Å². The molecule has 0 aromatic heterocycles. The van der Waals surface area contributed by atoms with Crippen molar-refractivity contribution in [3.05, 3.63) is 45.0 Å². The highest BCUT2D eigenvalue weighted by Crippen LogP contribution is 2.34. The maximum absolute atomic E-state index is 5.83. The fourth-order valence-electron chi connectivity index (χ4n) is 2.41. The number of halogens is 1. The van der Waals surface area contributed by atoms with Crippen LogP contribution in [-0.2, 0) is 6.54 Å². The standard InChI is InChI=1S/C20H25IN2O4/c1-13(2)27-20-16(21)8-15(10-19(20)26-5)12-23-22-11-14-6-7-17(24-3)18(9-14)25-4/h6-10,12-13,22H,11H2,1-5H3/b23-12+. The Labute approximate surface area is 174 Å². The van der Waals surface area contributed by atoms with Crippen LogP contribution in [0.1, 0.15) is 25.0 Å². The van der Waals surface area contributed by atoms with Crippen LogP contribution < -0.4 is 24.4 Å². The van der Waals surface area contributed by atoms with Crippen molar-refractivity contribution in [3.63, 3.8) is 0 Å². The molecule has 0 radical (unpaired) electrons. The molecule has 0 atom stereocenters. The van der Waals surface area contributed by atoms with Crippen LogP contribution in [0.3, 0.4) is 0 Å². The molecule has 0 spiro atoms. The van der Waals surface area contributed by atoms with Gasteiger partial charge in [0.05, 0.1) is 43.8 Å². The second-order valence-electron chi connectivity index (χ2n) is 5.98. The number of nitrogens with zero attached hydrogens (tertiary/aromatic N) is 1. The van der Waals surface area contributed by atoms with Crippen LogP contribution in [0.5, 0.6) is 23.0 Å². The molecule has 0 saturated carbocycles. The van der Waals surface area contributed by atoms with Crippen molar-refractivity contribution in [2.75, 3.05) is 21.3 Å². The topological polar surface area (TPSA) is 61.3 Å². The molecular weight excluding hydrogens is 459 g/mol. The first kappa shape index (κ1) is 21.1. The monoisotopic (exact) mass is 484 g/mol. The molecule has 0 aliphatic carbocycles. The number of rotatable bonds is 9. The minimum Gasteiger partial charge on any atom is -0.493 e. The molecule has 0 fully saturated rings. The molecule has 0 amide bonds. The summed E-state index contributed by atoms with van der Waals surface area (Å²) < 4.78 is 22.8. The van der Waals surface area contributed by atoms with Crippen LogP contribution in [0.2, 0.25) is 0 Å². The molecule has 2 aromatic carbocycles. The van der Waals surface area contributed by atoms with Gasteiger partial charge < -0.3 is 24.4 Å². The predicted molar refractivity (Wildman–Crippen MR) is 115 cm³/mol. The Morgan fingerprint density at radius 2 is 1.70 bits per heavy atom. The average molecular weight is 484 g/mol. The van der Waals surface area contributed by atoms with Crippen molar-refractivity contribution in [1.29, 1.82) is 0 Å².